The predicted octanol–water partition coefficient (Wildman–Crippen LogP) is 4.48. The highest BCUT2D eigenvalue weighted by Crippen LogP contribution is 2.16. The Morgan fingerprint density at radius 3 is 2.00 bits per heavy atom. The van der Waals surface area contributed by atoms with Crippen molar-refractivity contribution < 1.29 is 4.79 Å². The number of fused-ring (bicyclic) bond motifs is 2. The summed E-state index contributed by atoms with van der Waals surface area (Å²) in [6, 6.07) is 11.9. The zero-order valence-electron chi connectivity index (χ0n) is 16.9. The van der Waals surface area contributed by atoms with Crippen LogP contribution < -0.4 is 0 Å². The molecule has 0 aliphatic carbocycles. The van der Waals surface area contributed by atoms with Crippen molar-refractivity contribution >= 4 is 17.2 Å². The summed E-state index contributed by atoms with van der Waals surface area (Å²) in [6.07, 6.45) is 12.7. The maximum atomic E-state index is 13.1. The van der Waals surface area contributed by atoms with Gasteiger partial charge in [0.2, 0.25) is 5.91 Å². The summed E-state index contributed by atoms with van der Waals surface area (Å²) in [6.45, 7) is 3.24. The van der Waals surface area contributed by atoms with Gasteiger partial charge in [-0.25, -0.2) is 9.97 Å². The molecule has 4 aromatic heterocycles. The summed E-state index contributed by atoms with van der Waals surface area (Å²) >= 11 is 0. The van der Waals surface area contributed by atoms with Gasteiger partial charge in [0, 0.05) is 18.8 Å². The summed E-state index contributed by atoms with van der Waals surface area (Å²) < 4.78 is 4.09. The largest absolute Gasteiger partial charge is 0.331 e. The van der Waals surface area contributed by atoms with Gasteiger partial charge in [-0.1, -0.05) is 38.3 Å². The summed E-state index contributed by atoms with van der Waals surface area (Å²) in [5.41, 5.74) is 3.81. The normalized spacial score (nSPS) is 11.3. The van der Waals surface area contributed by atoms with Gasteiger partial charge in [0.1, 0.15) is 11.3 Å². The van der Waals surface area contributed by atoms with E-state index in [9.17, 15) is 4.79 Å². The molecule has 0 atom stereocenters. The van der Waals surface area contributed by atoms with Crippen LogP contribution in [0.4, 0.5) is 0 Å². The van der Waals surface area contributed by atoms with Crippen molar-refractivity contribution in [3.8, 4) is 0 Å². The Hall–Kier alpha value is -3.15. The van der Waals surface area contributed by atoms with Gasteiger partial charge in [0.05, 0.1) is 36.9 Å². The number of carbonyl (C=O) groups excluding carboxylic acids is 1. The second-order valence-corrected chi connectivity index (χ2v) is 7.42. The Morgan fingerprint density at radius 2 is 1.45 bits per heavy atom. The molecule has 0 N–H and O–H groups in total. The molecule has 6 heteroatoms. The number of rotatable bonds is 9. The molecule has 0 saturated carbocycles. The van der Waals surface area contributed by atoms with Crippen molar-refractivity contribution in [2.75, 3.05) is 0 Å². The van der Waals surface area contributed by atoms with Crippen LogP contribution >= 0.6 is 0 Å². The molecule has 0 aromatic carbocycles. The number of aromatic nitrogens is 4. The standard InChI is InChI=1S/C23H27N5O/c1-2-3-4-5-12-23(29)26(17-19-15-24-21-10-6-8-13-27(19)21)18-20-16-25-22-11-7-9-14-28(20)22/h6-11,13-16H,2-5,12,17-18H2,1H3. The number of pyridine rings is 2. The monoisotopic (exact) mass is 389 g/mol. The number of nitrogens with zero attached hydrogens (tertiary/aromatic N) is 5. The minimum Gasteiger partial charge on any atom is -0.331 e. The highest BCUT2D eigenvalue weighted by molar-refractivity contribution is 5.76. The van der Waals surface area contributed by atoms with Gasteiger partial charge in [0.15, 0.2) is 0 Å². The van der Waals surface area contributed by atoms with Crippen LogP contribution in [0, 0.1) is 0 Å². The van der Waals surface area contributed by atoms with Crippen molar-refractivity contribution in [1.82, 2.24) is 23.7 Å². The molecule has 0 spiro atoms. The SMILES string of the molecule is CCCCCCC(=O)N(Cc1cnc2ccccn12)Cc1cnc2ccccn12. The Kier molecular flexibility index (Phi) is 5.89. The first-order valence-electron chi connectivity index (χ1n) is 10.4. The number of unbranched alkanes of at least 4 members (excludes halogenated alkanes) is 3. The van der Waals surface area contributed by atoms with E-state index in [0.29, 0.717) is 19.5 Å². The summed E-state index contributed by atoms with van der Waals surface area (Å²) in [7, 11) is 0. The third-order valence-corrected chi connectivity index (χ3v) is 5.29. The molecule has 150 valence electrons. The molecular formula is C23H27N5O. The van der Waals surface area contributed by atoms with Crippen molar-refractivity contribution in [3.05, 3.63) is 72.6 Å². The van der Waals surface area contributed by atoms with Gasteiger partial charge in [-0.15, -0.1) is 0 Å². The van der Waals surface area contributed by atoms with Gasteiger partial charge < -0.3 is 13.7 Å². The average Bonchev–Trinajstić information content (AvgIpc) is 3.35. The Morgan fingerprint density at radius 1 is 0.862 bits per heavy atom. The van der Waals surface area contributed by atoms with Crippen LogP contribution in [0.1, 0.15) is 50.4 Å². The summed E-state index contributed by atoms with van der Waals surface area (Å²) in [5.74, 6) is 0.179. The van der Waals surface area contributed by atoms with Gasteiger partial charge in [-0.05, 0) is 30.7 Å². The zero-order valence-corrected chi connectivity index (χ0v) is 16.9. The van der Waals surface area contributed by atoms with Crippen molar-refractivity contribution in [2.45, 2.75) is 52.1 Å². The van der Waals surface area contributed by atoms with E-state index < -0.39 is 0 Å². The number of amides is 1. The maximum Gasteiger partial charge on any atom is 0.223 e. The fourth-order valence-corrected chi connectivity index (χ4v) is 3.69. The summed E-state index contributed by atoms with van der Waals surface area (Å²) in [5, 5.41) is 0. The van der Waals surface area contributed by atoms with E-state index in [4.69, 9.17) is 0 Å². The van der Waals surface area contributed by atoms with E-state index in [0.717, 1.165) is 35.5 Å². The van der Waals surface area contributed by atoms with Crippen molar-refractivity contribution in [2.24, 2.45) is 0 Å². The molecule has 0 aliphatic heterocycles. The molecule has 0 radical (unpaired) electrons. The topological polar surface area (TPSA) is 54.9 Å². The first-order valence-corrected chi connectivity index (χ1v) is 10.4. The molecule has 0 unspecified atom stereocenters. The zero-order chi connectivity index (χ0) is 20.1. The second kappa shape index (κ2) is 8.90. The van der Waals surface area contributed by atoms with Crippen LogP contribution in [0.15, 0.2) is 61.2 Å². The van der Waals surface area contributed by atoms with Crippen LogP contribution in [-0.4, -0.2) is 29.6 Å². The van der Waals surface area contributed by atoms with Crippen LogP contribution in [0.2, 0.25) is 0 Å². The van der Waals surface area contributed by atoms with Crippen LogP contribution in [0.5, 0.6) is 0 Å². The van der Waals surface area contributed by atoms with E-state index in [1.165, 1.54) is 12.8 Å². The highest BCUT2D eigenvalue weighted by atomic mass is 16.2. The van der Waals surface area contributed by atoms with Crippen LogP contribution in [-0.2, 0) is 17.9 Å². The molecule has 4 aromatic rings. The number of hydrogen-bond donors (Lipinski definition) is 0. The third-order valence-electron chi connectivity index (χ3n) is 5.29. The Labute approximate surface area is 170 Å². The molecular weight excluding hydrogens is 362 g/mol. The average molecular weight is 390 g/mol. The quantitative estimate of drug-likeness (QED) is 0.397. The molecule has 0 saturated heterocycles. The van der Waals surface area contributed by atoms with Gasteiger partial charge in [-0.2, -0.15) is 0 Å². The Bertz CT molecular complexity index is 1020. The van der Waals surface area contributed by atoms with Crippen molar-refractivity contribution in [3.63, 3.8) is 0 Å². The van der Waals surface area contributed by atoms with Gasteiger partial charge in [0.25, 0.3) is 0 Å². The van der Waals surface area contributed by atoms with E-state index >= 15 is 0 Å². The molecule has 6 nitrogen and oxygen atoms in total. The fraction of sp³-hybridized carbons (Fsp3) is 0.348. The predicted molar refractivity (Wildman–Crippen MR) is 113 cm³/mol. The number of hydrogen-bond acceptors (Lipinski definition) is 3. The van der Waals surface area contributed by atoms with E-state index in [1.807, 2.05) is 74.9 Å². The fourth-order valence-electron chi connectivity index (χ4n) is 3.69. The second-order valence-electron chi connectivity index (χ2n) is 7.42. The van der Waals surface area contributed by atoms with Gasteiger partial charge >= 0.3 is 0 Å². The lowest BCUT2D eigenvalue weighted by molar-refractivity contribution is -0.132. The minimum absolute atomic E-state index is 0.179. The maximum absolute atomic E-state index is 13.1. The first-order chi connectivity index (χ1) is 14.3. The summed E-state index contributed by atoms with van der Waals surface area (Å²) in [4.78, 5) is 24.0. The Balaban J connectivity index is 1.57. The van der Waals surface area contributed by atoms with Gasteiger partial charge in [-0.3, -0.25) is 4.79 Å². The molecule has 4 heterocycles. The lowest BCUT2D eigenvalue weighted by atomic mass is 10.1. The van der Waals surface area contributed by atoms with E-state index in [2.05, 4.69) is 16.9 Å². The number of carbonyl (C=O) groups is 1. The minimum atomic E-state index is 0.179. The molecule has 29 heavy (non-hydrogen) atoms. The molecule has 0 bridgehead atoms. The molecule has 0 fully saturated rings. The first kappa shape index (κ1) is 19.2. The van der Waals surface area contributed by atoms with Crippen molar-refractivity contribution in [1.29, 1.82) is 0 Å². The van der Waals surface area contributed by atoms with Crippen LogP contribution in [0.25, 0.3) is 11.3 Å². The van der Waals surface area contributed by atoms with E-state index in [1.54, 1.807) is 0 Å². The van der Waals surface area contributed by atoms with E-state index in [-0.39, 0.29) is 5.91 Å². The number of imidazole rings is 2. The van der Waals surface area contributed by atoms with Crippen LogP contribution in [0.3, 0.4) is 0 Å². The molecule has 4 rings (SSSR count). The smallest absolute Gasteiger partial charge is 0.223 e. The highest BCUT2D eigenvalue weighted by Gasteiger charge is 2.18. The molecule has 1 amide bonds. The molecule has 0 aliphatic rings. The third kappa shape index (κ3) is 4.31. The lowest BCUT2D eigenvalue weighted by Crippen LogP contribution is -2.31. The lowest BCUT2D eigenvalue weighted by Gasteiger charge is -2.22.